The highest BCUT2D eigenvalue weighted by Gasteiger charge is 2.17. The molecule has 5 heteroatoms. The molecule has 1 aliphatic rings. The maximum Gasteiger partial charge on any atom is 0.211 e. The van der Waals surface area contributed by atoms with E-state index in [9.17, 15) is 8.42 Å². The molecule has 0 saturated carbocycles. The van der Waals surface area contributed by atoms with Crippen LogP contribution in [0.2, 0.25) is 0 Å². The van der Waals surface area contributed by atoms with Crippen LogP contribution in [0.25, 0.3) is 0 Å². The second-order valence-electron chi connectivity index (χ2n) is 5.04. The van der Waals surface area contributed by atoms with Gasteiger partial charge >= 0.3 is 0 Å². The molecule has 0 unspecified atom stereocenters. The summed E-state index contributed by atoms with van der Waals surface area (Å²) in [6, 6.07) is 0. The summed E-state index contributed by atoms with van der Waals surface area (Å²) in [6.07, 6.45) is 3.02. The van der Waals surface area contributed by atoms with Crippen LogP contribution in [0.4, 0.5) is 0 Å². The Morgan fingerprint density at radius 1 is 1.31 bits per heavy atom. The topological polar surface area (TPSA) is 58.2 Å². The van der Waals surface area contributed by atoms with E-state index in [-0.39, 0.29) is 5.75 Å². The fraction of sp³-hybridized carbons (Fsp3) is 1.00. The van der Waals surface area contributed by atoms with E-state index in [1.807, 2.05) is 13.8 Å². The molecule has 0 atom stereocenters. The van der Waals surface area contributed by atoms with Crippen molar-refractivity contribution in [2.75, 3.05) is 25.4 Å². The molecule has 1 heterocycles. The van der Waals surface area contributed by atoms with Gasteiger partial charge in [0.05, 0.1) is 5.75 Å². The fourth-order valence-corrected chi connectivity index (χ4v) is 3.23. The van der Waals surface area contributed by atoms with Crippen LogP contribution in [0.3, 0.4) is 0 Å². The SMILES string of the molecule is CC(C)CNS(=O)(=O)CCC1CCNCC1. The summed E-state index contributed by atoms with van der Waals surface area (Å²) in [5.41, 5.74) is 0. The minimum absolute atomic E-state index is 0.282. The second-order valence-corrected chi connectivity index (χ2v) is 6.97. The van der Waals surface area contributed by atoms with Crippen molar-refractivity contribution < 1.29 is 8.42 Å². The van der Waals surface area contributed by atoms with Gasteiger partial charge in [0.2, 0.25) is 10.0 Å². The van der Waals surface area contributed by atoms with E-state index in [2.05, 4.69) is 10.0 Å². The molecule has 96 valence electrons. The van der Waals surface area contributed by atoms with Crippen molar-refractivity contribution in [3.8, 4) is 0 Å². The smallest absolute Gasteiger partial charge is 0.211 e. The Morgan fingerprint density at radius 3 is 2.50 bits per heavy atom. The molecule has 2 N–H and O–H groups in total. The Labute approximate surface area is 99.2 Å². The van der Waals surface area contributed by atoms with Gasteiger partial charge in [-0.1, -0.05) is 13.8 Å². The molecule has 0 aromatic carbocycles. The van der Waals surface area contributed by atoms with Crippen LogP contribution in [0.5, 0.6) is 0 Å². The quantitative estimate of drug-likeness (QED) is 0.736. The third kappa shape index (κ3) is 5.82. The van der Waals surface area contributed by atoms with Crippen LogP contribution in [0, 0.1) is 11.8 Å². The first-order valence-corrected chi connectivity index (χ1v) is 7.83. The van der Waals surface area contributed by atoms with Crippen LogP contribution >= 0.6 is 0 Å². The number of sulfonamides is 1. The Bertz CT molecular complexity index is 282. The van der Waals surface area contributed by atoms with Gasteiger partial charge in [-0.05, 0) is 44.2 Å². The maximum absolute atomic E-state index is 11.7. The predicted octanol–water partition coefficient (Wildman–Crippen LogP) is 0.952. The minimum atomic E-state index is -3.05. The van der Waals surface area contributed by atoms with Gasteiger partial charge < -0.3 is 5.32 Å². The molecule has 1 rings (SSSR count). The van der Waals surface area contributed by atoms with Gasteiger partial charge in [0.15, 0.2) is 0 Å². The summed E-state index contributed by atoms with van der Waals surface area (Å²) < 4.78 is 26.0. The number of hydrogen-bond donors (Lipinski definition) is 2. The van der Waals surface area contributed by atoms with Crippen molar-refractivity contribution >= 4 is 10.0 Å². The highest BCUT2D eigenvalue weighted by atomic mass is 32.2. The lowest BCUT2D eigenvalue weighted by Crippen LogP contribution is -2.32. The van der Waals surface area contributed by atoms with Gasteiger partial charge in [0.1, 0.15) is 0 Å². The zero-order valence-electron chi connectivity index (χ0n) is 10.3. The van der Waals surface area contributed by atoms with Gasteiger partial charge in [-0.2, -0.15) is 0 Å². The molecule has 0 spiro atoms. The van der Waals surface area contributed by atoms with E-state index in [1.165, 1.54) is 0 Å². The minimum Gasteiger partial charge on any atom is -0.317 e. The van der Waals surface area contributed by atoms with Crippen LogP contribution in [0.1, 0.15) is 33.1 Å². The Balaban J connectivity index is 2.24. The average molecular weight is 248 g/mol. The summed E-state index contributed by atoms with van der Waals surface area (Å²) in [5.74, 6) is 1.23. The van der Waals surface area contributed by atoms with E-state index < -0.39 is 10.0 Å². The van der Waals surface area contributed by atoms with Gasteiger partial charge in [-0.3, -0.25) is 0 Å². The third-order valence-electron chi connectivity index (χ3n) is 2.97. The molecular formula is C11H24N2O2S. The molecule has 1 aliphatic heterocycles. The van der Waals surface area contributed by atoms with Crippen molar-refractivity contribution in [2.24, 2.45) is 11.8 Å². The number of rotatable bonds is 6. The first-order valence-electron chi connectivity index (χ1n) is 6.17. The van der Waals surface area contributed by atoms with Crippen LogP contribution in [-0.4, -0.2) is 33.8 Å². The highest BCUT2D eigenvalue weighted by molar-refractivity contribution is 7.89. The van der Waals surface area contributed by atoms with Crippen LogP contribution in [0.15, 0.2) is 0 Å². The summed E-state index contributed by atoms with van der Waals surface area (Å²) in [4.78, 5) is 0. The maximum atomic E-state index is 11.7. The lowest BCUT2D eigenvalue weighted by Gasteiger charge is -2.22. The number of piperidine rings is 1. The van der Waals surface area contributed by atoms with Crippen LogP contribution < -0.4 is 10.0 Å². The molecule has 0 aromatic rings. The standard InChI is InChI=1S/C11H24N2O2S/c1-10(2)9-13-16(14,15)8-5-11-3-6-12-7-4-11/h10-13H,3-9H2,1-2H3. The number of hydrogen-bond acceptors (Lipinski definition) is 3. The molecule has 1 saturated heterocycles. The first kappa shape index (κ1) is 13.9. The summed E-state index contributed by atoms with van der Waals surface area (Å²) in [6.45, 7) is 6.63. The molecule has 0 radical (unpaired) electrons. The first-order chi connectivity index (χ1) is 7.49. The van der Waals surface area contributed by atoms with Crippen LogP contribution in [-0.2, 0) is 10.0 Å². The zero-order valence-corrected chi connectivity index (χ0v) is 11.1. The molecular weight excluding hydrogens is 224 g/mol. The van der Waals surface area contributed by atoms with Crippen molar-refractivity contribution in [3.05, 3.63) is 0 Å². The lowest BCUT2D eigenvalue weighted by atomic mass is 9.96. The Morgan fingerprint density at radius 2 is 1.94 bits per heavy atom. The lowest BCUT2D eigenvalue weighted by molar-refractivity contribution is 0.365. The Hall–Kier alpha value is -0.130. The summed E-state index contributed by atoms with van der Waals surface area (Å²) >= 11 is 0. The van der Waals surface area contributed by atoms with Gasteiger partial charge in [0, 0.05) is 6.54 Å². The zero-order chi connectivity index (χ0) is 12.0. The van der Waals surface area contributed by atoms with E-state index in [0.29, 0.717) is 18.4 Å². The fourth-order valence-electron chi connectivity index (χ4n) is 1.86. The molecule has 0 aliphatic carbocycles. The normalized spacial score (nSPS) is 19.2. The van der Waals surface area contributed by atoms with E-state index in [1.54, 1.807) is 0 Å². The second kappa shape index (κ2) is 6.57. The molecule has 0 bridgehead atoms. The number of nitrogens with one attached hydrogen (secondary N) is 2. The molecule has 0 amide bonds. The summed E-state index contributed by atoms with van der Waals surface area (Å²) in [5, 5.41) is 3.29. The monoisotopic (exact) mass is 248 g/mol. The van der Waals surface area contributed by atoms with Crippen molar-refractivity contribution in [2.45, 2.75) is 33.1 Å². The van der Waals surface area contributed by atoms with Crippen molar-refractivity contribution in [1.29, 1.82) is 0 Å². The summed E-state index contributed by atoms with van der Waals surface area (Å²) in [7, 11) is -3.05. The molecule has 16 heavy (non-hydrogen) atoms. The predicted molar refractivity (Wildman–Crippen MR) is 66.8 cm³/mol. The van der Waals surface area contributed by atoms with E-state index in [0.717, 1.165) is 32.4 Å². The van der Waals surface area contributed by atoms with Gasteiger partial charge in [-0.15, -0.1) is 0 Å². The average Bonchev–Trinajstić information content (AvgIpc) is 2.26. The molecule has 1 fully saturated rings. The Kier molecular flexibility index (Phi) is 5.72. The largest absolute Gasteiger partial charge is 0.317 e. The van der Waals surface area contributed by atoms with E-state index >= 15 is 0 Å². The van der Waals surface area contributed by atoms with Gasteiger partial charge in [0.25, 0.3) is 0 Å². The van der Waals surface area contributed by atoms with Crippen molar-refractivity contribution in [3.63, 3.8) is 0 Å². The van der Waals surface area contributed by atoms with E-state index in [4.69, 9.17) is 0 Å². The van der Waals surface area contributed by atoms with Gasteiger partial charge in [-0.25, -0.2) is 13.1 Å². The third-order valence-corrected chi connectivity index (χ3v) is 4.34. The van der Waals surface area contributed by atoms with Crippen molar-refractivity contribution in [1.82, 2.24) is 10.0 Å². The molecule has 4 nitrogen and oxygen atoms in total. The molecule has 0 aromatic heterocycles. The highest BCUT2D eigenvalue weighted by Crippen LogP contribution is 2.16.